The predicted molar refractivity (Wildman–Crippen MR) is 71.2 cm³/mol. The summed E-state index contributed by atoms with van der Waals surface area (Å²) in [5.74, 6) is 0.311. The average molecular weight is 281 g/mol. The van der Waals surface area contributed by atoms with Crippen molar-refractivity contribution in [3.63, 3.8) is 0 Å². The zero-order chi connectivity index (χ0) is 13.7. The number of carbonyl (C=O) groups excluding carboxylic acids is 1. The summed E-state index contributed by atoms with van der Waals surface area (Å²) in [5.41, 5.74) is 0.698. The van der Waals surface area contributed by atoms with E-state index in [1.165, 1.54) is 18.2 Å². The maximum atomic E-state index is 13.6. The fourth-order valence-electron chi connectivity index (χ4n) is 1.47. The molecule has 0 aliphatic carbocycles. The molecule has 1 aromatic heterocycles. The number of amides is 1. The summed E-state index contributed by atoms with van der Waals surface area (Å²) in [4.78, 5) is 11.6. The van der Waals surface area contributed by atoms with Crippen LogP contribution in [0, 0.1) is 5.82 Å². The number of H-pyrrole nitrogens is 1. The van der Waals surface area contributed by atoms with Crippen molar-refractivity contribution >= 4 is 23.4 Å². The molecule has 2 rings (SSSR count). The third-order valence-electron chi connectivity index (χ3n) is 2.37. The zero-order valence-corrected chi connectivity index (χ0v) is 11.0. The number of halogens is 1. The van der Waals surface area contributed by atoms with Crippen LogP contribution in [0.25, 0.3) is 11.4 Å². The summed E-state index contributed by atoms with van der Waals surface area (Å²) in [6, 6.07) is 4.24. The number of nitrogens with zero attached hydrogens (tertiary/aromatic N) is 3. The molecule has 19 heavy (non-hydrogen) atoms. The standard InChI is InChI=1S/C11H12FN5OS/c1-19-5-4-10(18)13-7-2-3-9(12)8(6-7)11-14-16-17-15-11/h2-3,6H,4-5H2,1H3,(H,13,18)(H,14,15,16,17). The number of hydrogen-bond donors (Lipinski definition) is 2. The normalized spacial score (nSPS) is 10.4. The van der Waals surface area contributed by atoms with E-state index >= 15 is 0 Å². The van der Waals surface area contributed by atoms with Crippen LogP contribution in [0.4, 0.5) is 10.1 Å². The van der Waals surface area contributed by atoms with Gasteiger partial charge in [0.15, 0.2) is 0 Å². The van der Waals surface area contributed by atoms with Gasteiger partial charge in [-0.05, 0) is 29.7 Å². The molecule has 0 saturated heterocycles. The summed E-state index contributed by atoms with van der Waals surface area (Å²) in [6.45, 7) is 0. The van der Waals surface area contributed by atoms with E-state index in [1.54, 1.807) is 11.8 Å². The highest BCUT2D eigenvalue weighted by molar-refractivity contribution is 7.98. The molecule has 0 saturated carbocycles. The highest BCUT2D eigenvalue weighted by atomic mass is 32.2. The second-order valence-corrected chi connectivity index (χ2v) is 4.71. The first-order valence-electron chi connectivity index (χ1n) is 5.53. The maximum Gasteiger partial charge on any atom is 0.225 e. The topological polar surface area (TPSA) is 83.6 Å². The van der Waals surface area contributed by atoms with Crippen molar-refractivity contribution in [3.8, 4) is 11.4 Å². The minimum absolute atomic E-state index is 0.111. The van der Waals surface area contributed by atoms with Gasteiger partial charge in [0.25, 0.3) is 0 Å². The molecule has 1 aromatic carbocycles. The van der Waals surface area contributed by atoms with Crippen molar-refractivity contribution in [2.24, 2.45) is 0 Å². The summed E-state index contributed by atoms with van der Waals surface area (Å²) >= 11 is 1.59. The fourth-order valence-corrected chi connectivity index (χ4v) is 1.86. The van der Waals surface area contributed by atoms with Crippen LogP contribution in [0.3, 0.4) is 0 Å². The van der Waals surface area contributed by atoms with Gasteiger partial charge in [-0.3, -0.25) is 4.79 Å². The predicted octanol–water partition coefficient (Wildman–Crippen LogP) is 1.70. The van der Waals surface area contributed by atoms with E-state index in [9.17, 15) is 9.18 Å². The molecule has 0 atom stereocenters. The Balaban J connectivity index is 2.15. The van der Waals surface area contributed by atoms with E-state index < -0.39 is 5.82 Å². The molecular formula is C11H12FN5OS. The molecule has 0 fully saturated rings. The van der Waals surface area contributed by atoms with Gasteiger partial charge in [-0.1, -0.05) is 0 Å². The molecule has 0 aliphatic heterocycles. The third-order valence-corrected chi connectivity index (χ3v) is 2.98. The molecule has 0 unspecified atom stereocenters. The number of tetrazole rings is 1. The van der Waals surface area contributed by atoms with E-state index in [2.05, 4.69) is 25.9 Å². The van der Waals surface area contributed by atoms with Gasteiger partial charge in [-0.2, -0.15) is 17.0 Å². The number of anilines is 1. The van der Waals surface area contributed by atoms with Gasteiger partial charge in [0.2, 0.25) is 11.7 Å². The van der Waals surface area contributed by atoms with Gasteiger partial charge < -0.3 is 5.32 Å². The summed E-state index contributed by atoms with van der Waals surface area (Å²) in [7, 11) is 0. The number of carbonyl (C=O) groups is 1. The summed E-state index contributed by atoms with van der Waals surface area (Å²) < 4.78 is 13.6. The van der Waals surface area contributed by atoms with Crippen LogP contribution in [0.15, 0.2) is 18.2 Å². The van der Waals surface area contributed by atoms with E-state index in [0.717, 1.165) is 5.75 Å². The SMILES string of the molecule is CSCCC(=O)Nc1ccc(F)c(-c2nn[nH]n2)c1. The monoisotopic (exact) mass is 281 g/mol. The number of aromatic amines is 1. The Bertz CT molecular complexity index is 560. The molecule has 1 amide bonds. The Labute approximate surface area is 113 Å². The molecule has 0 aliphatic rings. The highest BCUT2D eigenvalue weighted by Crippen LogP contribution is 2.22. The molecule has 1 heterocycles. The Kier molecular flexibility index (Phi) is 4.45. The van der Waals surface area contributed by atoms with Gasteiger partial charge in [0.1, 0.15) is 5.82 Å². The van der Waals surface area contributed by atoms with E-state index in [0.29, 0.717) is 12.1 Å². The summed E-state index contributed by atoms with van der Waals surface area (Å²) in [6.07, 6.45) is 2.34. The van der Waals surface area contributed by atoms with Crippen LogP contribution in [0.5, 0.6) is 0 Å². The van der Waals surface area contributed by atoms with Gasteiger partial charge in [-0.25, -0.2) is 4.39 Å². The van der Waals surface area contributed by atoms with Crippen molar-refractivity contribution in [2.75, 3.05) is 17.3 Å². The highest BCUT2D eigenvalue weighted by Gasteiger charge is 2.11. The number of aromatic nitrogens is 4. The van der Waals surface area contributed by atoms with Crippen LogP contribution < -0.4 is 5.32 Å². The molecule has 0 spiro atoms. The first-order valence-corrected chi connectivity index (χ1v) is 6.92. The number of rotatable bonds is 5. The van der Waals surface area contributed by atoms with Crippen molar-refractivity contribution in [1.29, 1.82) is 0 Å². The van der Waals surface area contributed by atoms with Crippen molar-refractivity contribution in [2.45, 2.75) is 6.42 Å². The minimum atomic E-state index is -0.469. The van der Waals surface area contributed by atoms with Crippen molar-refractivity contribution in [1.82, 2.24) is 20.6 Å². The van der Waals surface area contributed by atoms with E-state index in [-0.39, 0.29) is 17.3 Å². The maximum absolute atomic E-state index is 13.6. The van der Waals surface area contributed by atoms with E-state index in [1.807, 2.05) is 6.26 Å². The molecule has 0 bridgehead atoms. The first-order chi connectivity index (χ1) is 9.20. The Morgan fingerprint density at radius 3 is 3.05 bits per heavy atom. The van der Waals surface area contributed by atoms with Crippen LogP contribution in [-0.2, 0) is 4.79 Å². The molecule has 6 nitrogen and oxygen atoms in total. The van der Waals surface area contributed by atoms with Gasteiger partial charge >= 0.3 is 0 Å². The van der Waals surface area contributed by atoms with Crippen molar-refractivity contribution in [3.05, 3.63) is 24.0 Å². The lowest BCUT2D eigenvalue weighted by molar-refractivity contribution is -0.115. The largest absolute Gasteiger partial charge is 0.326 e. The second-order valence-electron chi connectivity index (χ2n) is 3.72. The molecule has 2 aromatic rings. The molecule has 8 heteroatoms. The first kappa shape index (κ1) is 13.5. The van der Waals surface area contributed by atoms with Gasteiger partial charge in [0, 0.05) is 17.9 Å². The average Bonchev–Trinajstić information content (AvgIpc) is 2.92. The van der Waals surface area contributed by atoms with Crippen LogP contribution in [0.2, 0.25) is 0 Å². The number of thioether (sulfide) groups is 1. The lowest BCUT2D eigenvalue weighted by Gasteiger charge is -2.06. The molecular weight excluding hydrogens is 269 g/mol. The fraction of sp³-hybridized carbons (Fsp3) is 0.273. The van der Waals surface area contributed by atoms with Crippen LogP contribution in [0.1, 0.15) is 6.42 Å². The van der Waals surface area contributed by atoms with Crippen LogP contribution >= 0.6 is 11.8 Å². The Hall–Kier alpha value is -1.96. The lowest BCUT2D eigenvalue weighted by Crippen LogP contribution is -2.12. The van der Waals surface area contributed by atoms with Crippen LogP contribution in [-0.4, -0.2) is 38.5 Å². The molecule has 2 N–H and O–H groups in total. The van der Waals surface area contributed by atoms with E-state index in [4.69, 9.17) is 0 Å². The minimum Gasteiger partial charge on any atom is -0.326 e. The Morgan fingerprint density at radius 1 is 1.53 bits per heavy atom. The smallest absolute Gasteiger partial charge is 0.225 e. The van der Waals surface area contributed by atoms with Gasteiger partial charge in [0.05, 0.1) is 5.56 Å². The summed E-state index contributed by atoms with van der Waals surface area (Å²) in [5, 5.41) is 15.8. The quantitative estimate of drug-likeness (QED) is 0.871. The zero-order valence-electron chi connectivity index (χ0n) is 10.2. The molecule has 100 valence electrons. The third kappa shape index (κ3) is 3.50. The number of hydrogen-bond acceptors (Lipinski definition) is 5. The van der Waals surface area contributed by atoms with Crippen molar-refractivity contribution < 1.29 is 9.18 Å². The van der Waals surface area contributed by atoms with Gasteiger partial charge in [-0.15, -0.1) is 10.2 Å². The lowest BCUT2D eigenvalue weighted by atomic mass is 10.1. The number of benzene rings is 1. The Morgan fingerprint density at radius 2 is 2.37 bits per heavy atom. The molecule has 0 radical (unpaired) electrons. The number of nitrogens with one attached hydrogen (secondary N) is 2. The second kappa shape index (κ2) is 6.28.